The van der Waals surface area contributed by atoms with Crippen molar-refractivity contribution in [3.05, 3.63) is 53.5 Å². The molecular formula is C17H17FN4O2S. The molecule has 6 nitrogen and oxygen atoms in total. The van der Waals surface area contributed by atoms with E-state index in [4.69, 9.17) is 0 Å². The molecule has 0 amide bonds. The highest BCUT2D eigenvalue weighted by atomic mass is 32.2. The van der Waals surface area contributed by atoms with Gasteiger partial charge in [-0.15, -0.1) is 0 Å². The van der Waals surface area contributed by atoms with Crippen molar-refractivity contribution in [1.82, 2.24) is 9.29 Å². The van der Waals surface area contributed by atoms with E-state index in [0.717, 1.165) is 0 Å². The second-order valence-corrected chi connectivity index (χ2v) is 7.73. The number of sulfonamides is 1. The van der Waals surface area contributed by atoms with Crippen LogP contribution in [0, 0.1) is 24.1 Å². The molecule has 1 aromatic carbocycles. The molecule has 1 aliphatic rings. The average Bonchev–Trinajstić information content (AvgIpc) is 2.64. The van der Waals surface area contributed by atoms with Crippen molar-refractivity contribution in [2.75, 3.05) is 31.1 Å². The maximum absolute atomic E-state index is 13.4. The van der Waals surface area contributed by atoms with Crippen LogP contribution in [-0.2, 0) is 10.0 Å². The lowest BCUT2D eigenvalue weighted by molar-refractivity contribution is 0.383. The molecule has 0 N–H and O–H groups in total. The van der Waals surface area contributed by atoms with Crippen molar-refractivity contribution in [2.45, 2.75) is 11.8 Å². The third-order valence-corrected chi connectivity index (χ3v) is 6.11. The van der Waals surface area contributed by atoms with E-state index in [1.54, 1.807) is 18.3 Å². The van der Waals surface area contributed by atoms with Gasteiger partial charge in [0, 0.05) is 32.4 Å². The topological polar surface area (TPSA) is 77.3 Å². The molecule has 0 atom stereocenters. The molecule has 0 aliphatic carbocycles. The van der Waals surface area contributed by atoms with E-state index in [1.807, 2.05) is 4.90 Å². The Bertz CT molecular complexity index is 932. The normalized spacial score (nSPS) is 15.8. The third-order valence-electron chi connectivity index (χ3n) is 4.21. The minimum atomic E-state index is -3.67. The van der Waals surface area contributed by atoms with Crippen LogP contribution in [0.1, 0.15) is 11.1 Å². The molecule has 1 fully saturated rings. The maximum Gasteiger partial charge on any atom is 0.243 e. The predicted molar refractivity (Wildman–Crippen MR) is 91.1 cm³/mol. The molecule has 25 heavy (non-hydrogen) atoms. The summed E-state index contributed by atoms with van der Waals surface area (Å²) in [7, 11) is -3.67. The molecule has 0 spiro atoms. The minimum Gasteiger partial charge on any atom is -0.353 e. The van der Waals surface area contributed by atoms with Gasteiger partial charge in [-0.2, -0.15) is 9.57 Å². The highest BCUT2D eigenvalue weighted by Crippen LogP contribution is 2.23. The van der Waals surface area contributed by atoms with Crippen LogP contribution in [0.15, 0.2) is 41.4 Å². The SMILES string of the molecule is Cc1cc(S(=O)(=O)N2CCN(c3ncccc3C#N)CC2)ccc1F. The molecular weight excluding hydrogens is 343 g/mol. The van der Waals surface area contributed by atoms with Crippen molar-refractivity contribution in [3.63, 3.8) is 0 Å². The van der Waals surface area contributed by atoms with Gasteiger partial charge in [-0.3, -0.25) is 0 Å². The monoisotopic (exact) mass is 360 g/mol. The van der Waals surface area contributed by atoms with Crippen LogP contribution in [0.25, 0.3) is 0 Å². The molecule has 0 bridgehead atoms. The number of halogens is 1. The lowest BCUT2D eigenvalue weighted by Gasteiger charge is -2.35. The van der Waals surface area contributed by atoms with Crippen LogP contribution in [0.2, 0.25) is 0 Å². The van der Waals surface area contributed by atoms with Crippen molar-refractivity contribution in [2.24, 2.45) is 0 Å². The number of anilines is 1. The number of aromatic nitrogens is 1. The number of hydrogen-bond acceptors (Lipinski definition) is 5. The van der Waals surface area contributed by atoms with Gasteiger partial charge in [0.05, 0.1) is 10.5 Å². The number of piperazine rings is 1. The van der Waals surface area contributed by atoms with Crippen LogP contribution in [-0.4, -0.2) is 43.9 Å². The first-order valence-corrected chi connectivity index (χ1v) is 9.24. The highest BCUT2D eigenvalue weighted by Gasteiger charge is 2.29. The lowest BCUT2D eigenvalue weighted by Crippen LogP contribution is -2.49. The molecule has 0 radical (unpaired) electrons. The van der Waals surface area contributed by atoms with E-state index in [2.05, 4.69) is 11.1 Å². The summed E-state index contributed by atoms with van der Waals surface area (Å²) in [5, 5.41) is 9.17. The molecule has 1 aliphatic heterocycles. The van der Waals surface area contributed by atoms with Gasteiger partial charge in [-0.25, -0.2) is 17.8 Å². The quantitative estimate of drug-likeness (QED) is 0.836. The van der Waals surface area contributed by atoms with Crippen LogP contribution in [0.5, 0.6) is 0 Å². The van der Waals surface area contributed by atoms with E-state index in [0.29, 0.717) is 30.0 Å². The molecule has 1 saturated heterocycles. The second kappa shape index (κ2) is 6.78. The van der Waals surface area contributed by atoms with E-state index in [-0.39, 0.29) is 18.0 Å². The lowest BCUT2D eigenvalue weighted by atomic mass is 10.2. The fourth-order valence-corrected chi connectivity index (χ4v) is 4.31. The third kappa shape index (κ3) is 3.34. The van der Waals surface area contributed by atoms with E-state index >= 15 is 0 Å². The summed E-state index contributed by atoms with van der Waals surface area (Å²) < 4.78 is 40.2. The van der Waals surface area contributed by atoms with Gasteiger partial charge >= 0.3 is 0 Å². The zero-order valence-electron chi connectivity index (χ0n) is 13.7. The van der Waals surface area contributed by atoms with Crippen LogP contribution in [0.3, 0.4) is 0 Å². The Morgan fingerprint density at radius 1 is 1.20 bits per heavy atom. The smallest absolute Gasteiger partial charge is 0.243 e. The Balaban J connectivity index is 1.77. The van der Waals surface area contributed by atoms with E-state index in [1.165, 1.54) is 29.4 Å². The highest BCUT2D eigenvalue weighted by molar-refractivity contribution is 7.89. The Labute approximate surface area is 146 Å². The number of benzene rings is 1. The summed E-state index contributed by atoms with van der Waals surface area (Å²) in [5.41, 5.74) is 0.764. The van der Waals surface area contributed by atoms with Gasteiger partial charge in [-0.1, -0.05) is 0 Å². The van der Waals surface area contributed by atoms with Crippen LogP contribution in [0.4, 0.5) is 10.2 Å². The van der Waals surface area contributed by atoms with E-state index in [9.17, 15) is 18.1 Å². The minimum absolute atomic E-state index is 0.0930. The number of rotatable bonds is 3. The molecule has 2 heterocycles. The Morgan fingerprint density at radius 3 is 2.56 bits per heavy atom. The number of nitrogens with zero attached hydrogens (tertiary/aromatic N) is 4. The van der Waals surface area contributed by atoms with Gasteiger partial charge in [0.25, 0.3) is 0 Å². The molecule has 2 aromatic rings. The van der Waals surface area contributed by atoms with Crippen molar-refractivity contribution in [3.8, 4) is 6.07 Å². The Kier molecular flexibility index (Phi) is 4.70. The van der Waals surface area contributed by atoms with Gasteiger partial charge in [0.2, 0.25) is 10.0 Å². The van der Waals surface area contributed by atoms with Crippen molar-refractivity contribution in [1.29, 1.82) is 5.26 Å². The fraction of sp³-hybridized carbons (Fsp3) is 0.294. The maximum atomic E-state index is 13.4. The summed E-state index contributed by atoms with van der Waals surface area (Å²) in [6, 6.07) is 9.29. The average molecular weight is 360 g/mol. The first-order chi connectivity index (χ1) is 11.9. The zero-order valence-corrected chi connectivity index (χ0v) is 14.5. The molecule has 0 unspecified atom stereocenters. The van der Waals surface area contributed by atoms with Crippen molar-refractivity contribution < 1.29 is 12.8 Å². The molecule has 8 heteroatoms. The van der Waals surface area contributed by atoms with Crippen LogP contribution >= 0.6 is 0 Å². The fourth-order valence-electron chi connectivity index (χ4n) is 2.80. The molecule has 130 valence electrons. The summed E-state index contributed by atoms with van der Waals surface area (Å²) in [6.07, 6.45) is 1.61. The number of pyridine rings is 1. The summed E-state index contributed by atoms with van der Waals surface area (Å²) in [5.74, 6) is 0.141. The second-order valence-electron chi connectivity index (χ2n) is 5.79. The molecule has 0 saturated carbocycles. The zero-order chi connectivity index (χ0) is 18.0. The Morgan fingerprint density at radius 2 is 1.92 bits per heavy atom. The number of aryl methyl sites for hydroxylation is 1. The number of hydrogen-bond donors (Lipinski definition) is 0. The van der Waals surface area contributed by atoms with Gasteiger partial charge in [-0.05, 0) is 42.8 Å². The first-order valence-electron chi connectivity index (χ1n) is 7.80. The number of nitriles is 1. The molecule has 3 rings (SSSR count). The molecule has 1 aromatic heterocycles. The van der Waals surface area contributed by atoms with Crippen molar-refractivity contribution >= 4 is 15.8 Å². The summed E-state index contributed by atoms with van der Waals surface area (Å²) >= 11 is 0. The van der Waals surface area contributed by atoms with E-state index < -0.39 is 15.8 Å². The van der Waals surface area contributed by atoms with Gasteiger partial charge in [0.1, 0.15) is 17.7 Å². The van der Waals surface area contributed by atoms with Crippen LogP contribution < -0.4 is 4.90 Å². The first kappa shape index (κ1) is 17.3. The Hall–Kier alpha value is -2.50. The van der Waals surface area contributed by atoms with Gasteiger partial charge < -0.3 is 4.90 Å². The standard InChI is InChI=1S/C17H17FN4O2S/c1-13-11-15(4-5-16(13)18)25(23,24)22-9-7-21(8-10-22)17-14(12-19)3-2-6-20-17/h2-6,11H,7-10H2,1H3. The summed E-state index contributed by atoms with van der Waals surface area (Å²) in [4.78, 5) is 6.23. The van der Waals surface area contributed by atoms with Gasteiger partial charge in [0.15, 0.2) is 0 Å². The summed E-state index contributed by atoms with van der Waals surface area (Å²) in [6.45, 7) is 2.97. The largest absolute Gasteiger partial charge is 0.353 e. The predicted octanol–water partition coefficient (Wildman–Crippen LogP) is 1.91.